The Hall–Kier alpha value is -1.75. The van der Waals surface area contributed by atoms with E-state index in [2.05, 4.69) is 11.0 Å². The Morgan fingerprint density at radius 3 is 2.50 bits per heavy atom. The van der Waals surface area contributed by atoms with Crippen LogP contribution in [0.25, 0.3) is 0 Å². The molecule has 1 fully saturated rings. The molecule has 0 bridgehead atoms. The van der Waals surface area contributed by atoms with E-state index in [1.807, 2.05) is 33.0 Å². The topological polar surface area (TPSA) is 38.8 Å². The van der Waals surface area contributed by atoms with Crippen LogP contribution in [-0.4, -0.2) is 49.9 Å². The predicted octanol–water partition coefficient (Wildman–Crippen LogP) is 1.62. The number of likely N-dealkylation sites (N-methyl/N-ethyl adjacent to an activating group) is 1. The molecule has 0 spiro atoms. The summed E-state index contributed by atoms with van der Waals surface area (Å²) in [5.41, 5.74) is 1.13. The maximum atomic E-state index is 11.1. The number of fused-ring (bicyclic) bond motifs is 1. The molecule has 1 aromatic carbocycles. The van der Waals surface area contributed by atoms with Crippen LogP contribution in [0.2, 0.25) is 0 Å². The zero-order valence-corrected chi connectivity index (χ0v) is 12.3. The van der Waals surface area contributed by atoms with E-state index in [9.17, 15) is 4.79 Å². The number of carbonyl (C=O) groups excluding carboxylic acids is 1. The van der Waals surface area contributed by atoms with Crippen molar-refractivity contribution in [1.82, 2.24) is 0 Å². The predicted molar refractivity (Wildman–Crippen MR) is 76.0 cm³/mol. The minimum Gasteiger partial charge on any atom is -0.449 e. The Labute approximate surface area is 119 Å². The molecule has 20 heavy (non-hydrogen) atoms. The largest absolute Gasteiger partial charge is 0.449 e. The third-order valence-electron chi connectivity index (χ3n) is 4.02. The molecule has 5 heteroatoms. The lowest BCUT2D eigenvalue weighted by Gasteiger charge is -2.38. The second-order valence-corrected chi connectivity index (χ2v) is 6.25. The number of anilines is 1. The molecule has 0 N–H and O–H groups in total. The molecule has 2 aliphatic heterocycles. The van der Waals surface area contributed by atoms with E-state index in [0.29, 0.717) is 4.48 Å². The Bertz CT molecular complexity index is 534. The molecule has 2 aliphatic rings. The first kappa shape index (κ1) is 13.2. The molecule has 1 saturated heterocycles. The number of amides is 1. The van der Waals surface area contributed by atoms with Gasteiger partial charge in [0.2, 0.25) is 5.79 Å². The Morgan fingerprint density at radius 2 is 1.85 bits per heavy atom. The van der Waals surface area contributed by atoms with Gasteiger partial charge in [0.1, 0.15) is 13.1 Å². The van der Waals surface area contributed by atoms with E-state index in [-0.39, 0.29) is 0 Å². The fraction of sp³-hybridized carbons (Fsp3) is 0.533. The van der Waals surface area contributed by atoms with Crippen LogP contribution in [-0.2, 0) is 4.79 Å². The van der Waals surface area contributed by atoms with Crippen LogP contribution in [0.3, 0.4) is 0 Å². The molecular formula is C15H21N2O3+. The van der Waals surface area contributed by atoms with Crippen LogP contribution in [0, 0.1) is 0 Å². The van der Waals surface area contributed by atoms with E-state index in [0.717, 1.165) is 49.8 Å². The van der Waals surface area contributed by atoms with Gasteiger partial charge >= 0.3 is 6.41 Å². The second kappa shape index (κ2) is 4.38. The molecule has 1 aromatic rings. The highest BCUT2D eigenvalue weighted by molar-refractivity contribution is 5.58. The summed E-state index contributed by atoms with van der Waals surface area (Å²) >= 11 is 0. The Kier molecular flexibility index (Phi) is 2.90. The number of hydrogen-bond donors (Lipinski definition) is 0. The highest BCUT2D eigenvalue weighted by Gasteiger charge is 2.33. The van der Waals surface area contributed by atoms with Gasteiger partial charge in [0.15, 0.2) is 11.5 Å². The van der Waals surface area contributed by atoms with Crippen molar-refractivity contribution in [2.24, 2.45) is 0 Å². The van der Waals surface area contributed by atoms with Crippen LogP contribution >= 0.6 is 0 Å². The fourth-order valence-electron chi connectivity index (χ4n) is 2.69. The highest BCUT2D eigenvalue weighted by atomic mass is 16.7. The van der Waals surface area contributed by atoms with Crippen molar-refractivity contribution >= 4 is 12.1 Å². The van der Waals surface area contributed by atoms with E-state index >= 15 is 0 Å². The molecule has 0 aliphatic carbocycles. The number of quaternary nitrogens is 1. The number of carbonyl (C=O) groups is 1. The van der Waals surface area contributed by atoms with Crippen molar-refractivity contribution in [3.63, 3.8) is 0 Å². The minimum atomic E-state index is -0.587. The van der Waals surface area contributed by atoms with Crippen molar-refractivity contribution in [1.29, 1.82) is 0 Å². The number of piperazine rings is 1. The maximum Gasteiger partial charge on any atom is 0.301 e. The van der Waals surface area contributed by atoms with Gasteiger partial charge in [0.05, 0.1) is 20.1 Å². The summed E-state index contributed by atoms with van der Waals surface area (Å²) in [7, 11) is 1.98. The minimum absolute atomic E-state index is 0.494. The summed E-state index contributed by atoms with van der Waals surface area (Å²) in [6.07, 6.45) is 1.04. The van der Waals surface area contributed by atoms with Gasteiger partial charge in [-0.1, -0.05) is 0 Å². The first-order valence-electron chi connectivity index (χ1n) is 6.98. The second-order valence-electron chi connectivity index (χ2n) is 6.25. The number of nitrogens with zero attached hydrogens (tertiary/aromatic N) is 2. The molecule has 2 heterocycles. The van der Waals surface area contributed by atoms with Crippen LogP contribution < -0.4 is 14.4 Å². The van der Waals surface area contributed by atoms with E-state index in [1.165, 1.54) is 0 Å². The van der Waals surface area contributed by atoms with Gasteiger partial charge in [-0.15, -0.1) is 0 Å². The monoisotopic (exact) mass is 277 g/mol. The summed E-state index contributed by atoms with van der Waals surface area (Å²) in [6.45, 7) is 7.23. The number of hydrogen-bond acceptors (Lipinski definition) is 4. The Morgan fingerprint density at radius 1 is 1.20 bits per heavy atom. The molecule has 5 nitrogen and oxygen atoms in total. The van der Waals surface area contributed by atoms with E-state index in [1.54, 1.807) is 0 Å². The van der Waals surface area contributed by atoms with Gasteiger partial charge in [-0.25, -0.2) is 4.79 Å². The van der Waals surface area contributed by atoms with Crippen molar-refractivity contribution in [3.05, 3.63) is 18.2 Å². The fourth-order valence-corrected chi connectivity index (χ4v) is 2.69. The lowest BCUT2D eigenvalue weighted by atomic mass is 10.2. The van der Waals surface area contributed by atoms with Gasteiger partial charge < -0.3 is 14.4 Å². The van der Waals surface area contributed by atoms with E-state index in [4.69, 9.17) is 9.47 Å². The lowest BCUT2D eigenvalue weighted by molar-refractivity contribution is -0.826. The Balaban J connectivity index is 1.76. The molecule has 108 valence electrons. The van der Waals surface area contributed by atoms with Crippen molar-refractivity contribution in [2.45, 2.75) is 19.6 Å². The normalized spacial score (nSPS) is 22.6. The lowest BCUT2D eigenvalue weighted by Crippen LogP contribution is -2.56. The standard InChI is InChI=1S/C15H21N2O3/c1-15(2)19-13-5-4-12(10-14(13)20-15)16-6-8-17(3,11-18)9-7-16/h4-5,10-11H,6-9H2,1-3H3/q+1. The summed E-state index contributed by atoms with van der Waals surface area (Å²) in [6, 6.07) is 6.04. The number of ether oxygens (including phenoxy) is 2. The molecular weight excluding hydrogens is 256 g/mol. The van der Waals surface area contributed by atoms with Gasteiger partial charge in [-0.2, -0.15) is 0 Å². The number of benzene rings is 1. The molecule has 0 unspecified atom stereocenters. The smallest absolute Gasteiger partial charge is 0.301 e. The average molecular weight is 277 g/mol. The quantitative estimate of drug-likeness (QED) is 0.608. The molecule has 0 atom stereocenters. The molecule has 0 saturated carbocycles. The molecule has 0 radical (unpaired) electrons. The number of rotatable bonds is 2. The average Bonchev–Trinajstić information content (AvgIpc) is 2.72. The van der Waals surface area contributed by atoms with Gasteiger partial charge in [-0.05, 0) is 12.1 Å². The van der Waals surface area contributed by atoms with Gasteiger partial charge in [0.25, 0.3) is 0 Å². The SMILES string of the molecule is CC1(C)Oc2ccc(N3CC[N+](C)(C=O)CC3)cc2O1. The van der Waals surface area contributed by atoms with Crippen molar-refractivity contribution in [2.75, 3.05) is 38.1 Å². The summed E-state index contributed by atoms with van der Waals surface area (Å²) in [5.74, 6) is 1.01. The maximum absolute atomic E-state index is 11.1. The van der Waals surface area contributed by atoms with E-state index < -0.39 is 5.79 Å². The van der Waals surface area contributed by atoms with Crippen molar-refractivity contribution in [3.8, 4) is 11.5 Å². The van der Waals surface area contributed by atoms with Gasteiger partial charge in [-0.3, -0.25) is 4.48 Å². The summed E-state index contributed by atoms with van der Waals surface area (Å²) in [5, 5.41) is 0. The van der Waals surface area contributed by atoms with Gasteiger partial charge in [0, 0.05) is 25.6 Å². The third-order valence-corrected chi connectivity index (χ3v) is 4.02. The zero-order chi connectivity index (χ0) is 14.4. The first-order valence-corrected chi connectivity index (χ1v) is 6.98. The van der Waals surface area contributed by atoms with Crippen LogP contribution in [0.15, 0.2) is 18.2 Å². The summed E-state index contributed by atoms with van der Waals surface area (Å²) < 4.78 is 12.0. The first-order chi connectivity index (χ1) is 9.41. The van der Waals surface area contributed by atoms with Crippen LogP contribution in [0.5, 0.6) is 11.5 Å². The third kappa shape index (κ3) is 2.33. The van der Waals surface area contributed by atoms with Crippen molar-refractivity contribution < 1.29 is 18.8 Å². The zero-order valence-electron chi connectivity index (χ0n) is 12.3. The molecule has 1 amide bonds. The van der Waals surface area contributed by atoms with Crippen LogP contribution in [0.4, 0.5) is 5.69 Å². The molecule has 3 rings (SSSR count). The highest BCUT2D eigenvalue weighted by Crippen LogP contribution is 2.41. The van der Waals surface area contributed by atoms with Crippen LogP contribution in [0.1, 0.15) is 13.8 Å². The molecule has 0 aromatic heterocycles. The summed E-state index contributed by atoms with van der Waals surface area (Å²) in [4.78, 5) is 13.4.